The smallest absolute Gasteiger partial charge is 0.338 e. The van der Waals surface area contributed by atoms with Gasteiger partial charge in [0.1, 0.15) is 5.58 Å². The molecule has 6 nitrogen and oxygen atoms in total. The Morgan fingerprint density at radius 3 is 2.53 bits per heavy atom. The lowest BCUT2D eigenvalue weighted by Crippen LogP contribution is -2.29. The van der Waals surface area contributed by atoms with Gasteiger partial charge >= 0.3 is 5.97 Å². The van der Waals surface area contributed by atoms with Gasteiger partial charge in [-0.2, -0.15) is 0 Å². The van der Waals surface area contributed by atoms with Crippen LogP contribution in [0.3, 0.4) is 0 Å². The van der Waals surface area contributed by atoms with Crippen molar-refractivity contribution >= 4 is 40.1 Å². The third kappa shape index (κ3) is 3.56. The minimum Gasteiger partial charge on any atom is -0.462 e. The third-order valence-corrected chi connectivity index (χ3v) is 6.08. The standard InChI is InChI=1S/C27H20ClNO5/c1-3-33-27(32)16-8-10-19(11-9-16)29-23(17-5-4-6-18(28)14-17)22-24(30)20-13-15(2)7-12-21(20)34-25(22)26(29)31/h4-14,23H,3H2,1-2H3. The number of carbonyl (C=O) groups excluding carboxylic acids is 2. The molecule has 1 amide bonds. The zero-order valence-electron chi connectivity index (χ0n) is 18.5. The number of nitrogens with zero attached hydrogens (tertiary/aromatic N) is 1. The molecule has 0 aliphatic carbocycles. The Kier molecular flexibility index (Phi) is 5.46. The Balaban J connectivity index is 1.71. The van der Waals surface area contributed by atoms with Crippen molar-refractivity contribution < 1.29 is 18.7 Å². The number of esters is 1. The van der Waals surface area contributed by atoms with Crippen molar-refractivity contribution in [2.45, 2.75) is 19.9 Å². The monoisotopic (exact) mass is 473 g/mol. The molecule has 0 saturated heterocycles. The first-order chi connectivity index (χ1) is 16.4. The molecule has 1 atom stereocenters. The Labute approximate surface area is 200 Å². The summed E-state index contributed by atoms with van der Waals surface area (Å²) < 4.78 is 11.0. The molecule has 0 fully saturated rings. The molecule has 7 heteroatoms. The predicted octanol–water partition coefficient (Wildman–Crippen LogP) is 5.68. The van der Waals surface area contributed by atoms with Gasteiger partial charge in [0.25, 0.3) is 5.91 Å². The van der Waals surface area contributed by atoms with Crippen LogP contribution in [0.1, 0.15) is 50.6 Å². The SMILES string of the molecule is CCOC(=O)c1ccc(N2C(=O)c3oc4ccc(C)cc4c(=O)c3C2c2cccc(Cl)c2)cc1. The average Bonchev–Trinajstić information content (AvgIpc) is 3.12. The highest BCUT2D eigenvalue weighted by Crippen LogP contribution is 2.41. The van der Waals surface area contributed by atoms with Gasteiger partial charge in [-0.3, -0.25) is 14.5 Å². The lowest BCUT2D eigenvalue weighted by atomic mass is 9.98. The molecule has 1 aliphatic rings. The summed E-state index contributed by atoms with van der Waals surface area (Å²) in [6.45, 7) is 3.89. The molecule has 3 aromatic carbocycles. The summed E-state index contributed by atoms with van der Waals surface area (Å²) >= 11 is 6.27. The first-order valence-corrected chi connectivity index (χ1v) is 11.2. The fourth-order valence-corrected chi connectivity index (χ4v) is 4.52. The van der Waals surface area contributed by atoms with Gasteiger partial charge in [-0.15, -0.1) is 0 Å². The van der Waals surface area contributed by atoms with E-state index in [0.29, 0.717) is 32.8 Å². The van der Waals surface area contributed by atoms with E-state index in [-0.39, 0.29) is 23.4 Å². The van der Waals surface area contributed by atoms with Crippen LogP contribution in [0.15, 0.2) is 75.9 Å². The zero-order valence-corrected chi connectivity index (χ0v) is 19.3. The van der Waals surface area contributed by atoms with E-state index < -0.39 is 17.9 Å². The van der Waals surface area contributed by atoms with Gasteiger partial charge in [-0.05, 0) is 67.9 Å². The quantitative estimate of drug-likeness (QED) is 0.356. The first-order valence-electron chi connectivity index (χ1n) is 10.8. The van der Waals surface area contributed by atoms with Crippen molar-refractivity contribution in [3.8, 4) is 0 Å². The summed E-state index contributed by atoms with van der Waals surface area (Å²) in [4.78, 5) is 40.8. The number of aryl methyl sites for hydroxylation is 1. The van der Waals surface area contributed by atoms with Gasteiger partial charge < -0.3 is 9.15 Å². The normalized spacial score (nSPS) is 15.0. The van der Waals surface area contributed by atoms with Crippen LogP contribution in [-0.2, 0) is 4.74 Å². The minimum atomic E-state index is -0.740. The Bertz CT molecular complexity index is 1510. The lowest BCUT2D eigenvalue weighted by molar-refractivity contribution is 0.0526. The Morgan fingerprint density at radius 2 is 1.82 bits per heavy atom. The number of rotatable bonds is 4. The first kappa shape index (κ1) is 21.9. The van der Waals surface area contributed by atoms with Gasteiger partial charge in [0.05, 0.1) is 29.2 Å². The molecular formula is C27H20ClNO5. The Hall–Kier alpha value is -3.90. The second-order valence-corrected chi connectivity index (χ2v) is 8.51. The number of hydrogen-bond acceptors (Lipinski definition) is 5. The topological polar surface area (TPSA) is 76.8 Å². The highest BCUT2D eigenvalue weighted by molar-refractivity contribution is 6.30. The van der Waals surface area contributed by atoms with Crippen LogP contribution >= 0.6 is 11.6 Å². The van der Waals surface area contributed by atoms with Gasteiger partial charge in [-0.25, -0.2) is 4.79 Å². The number of ether oxygens (including phenoxy) is 1. The maximum atomic E-state index is 13.6. The maximum absolute atomic E-state index is 13.6. The summed E-state index contributed by atoms with van der Waals surface area (Å²) in [5.41, 5.74) is 2.82. The maximum Gasteiger partial charge on any atom is 0.338 e. The molecule has 2 heterocycles. The van der Waals surface area contributed by atoms with Gasteiger partial charge in [0.2, 0.25) is 5.76 Å². The number of fused-ring (bicyclic) bond motifs is 2. The Morgan fingerprint density at radius 1 is 1.06 bits per heavy atom. The molecule has 0 bridgehead atoms. The molecule has 5 rings (SSSR count). The summed E-state index contributed by atoms with van der Waals surface area (Å²) in [5.74, 6) is -0.890. The van der Waals surface area contributed by atoms with Crippen LogP contribution < -0.4 is 10.3 Å². The number of amides is 1. The molecule has 0 radical (unpaired) electrons. The number of carbonyl (C=O) groups is 2. The number of halogens is 1. The molecule has 0 spiro atoms. The van der Waals surface area contributed by atoms with Crippen molar-refractivity contribution in [2.75, 3.05) is 11.5 Å². The van der Waals surface area contributed by atoms with Gasteiger partial charge in [0.15, 0.2) is 5.43 Å². The largest absolute Gasteiger partial charge is 0.462 e. The minimum absolute atomic E-state index is 0.000739. The van der Waals surface area contributed by atoms with E-state index in [0.717, 1.165) is 5.56 Å². The molecule has 170 valence electrons. The van der Waals surface area contributed by atoms with E-state index in [1.165, 1.54) is 4.90 Å². The van der Waals surface area contributed by atoms with Crippen LogP contribution in [0.25, 0.3) is 11.0 Å². The van der Waals surface area contributed by atoms with Crippen LogP contribution in [0.4, 0.5) is 5.69 Å². The average molecular weight is 474 g/mol. The van der Waals surface area contributed by atoms with Crippen molar-refractivity contribution in [3.05, 3.63) is 110 Å². The van der Waals surface area contributed by atoms with Crippen LogP contribution in [0.2, 0.25) is 5.02 Å². The summed E-state index contributed by atoms with van der Waals surface area (Å²) in [6.07, 6.45) is 0. The fourth-order valence-electron chi connectivity index (χ4n) is 4.32. The number of hydrogen-bond donors (Lipinski definition) is 0. The fraction of sp³-hybridized carbons (Fsp3) is 0.148. The van der Waals surface area contributed by atoms with E-state index in [1.54, 1.807) is 61.5 Å². The molecule has 1 unspecified atom stereocenters. The second-order valence-electron chi connectivity index (χ2n) is 8.07. The van der Waals surface area contributed by atoms with Gasteiger partial charge in [-0.1, -0.05) is 35.4 Å². The van der Waals surface area contributed by atoms with E-state index >= 15 is 0 Å². The van der Waals surface area contributed by atoms with Crippen molar-refractivity contribution in [2.24, 2.45) is 0 Å². The van der Waals surface area contributed by atoms with E-state index in [1.807, 2.05) is 19.1 Å². The lowest BCUT2D eigenvalue weighted by Gasteiger charge is -2.25. The molecule has 0 N–H and O–H groups in total. The predicted molar refractivity (Wildman–Crippen MR) is 130 cm³/mol. The van der Waals surface area contributed by atoms with Crippen LogP contribution in [0, 0.1) is 6.92 Å². The second kappa shape index (κ2) is 8.47. The summed E-state index contributed by atoms with van der Waals surface area (Å²) in [6, 6.07) is 18.1. The zero-order chi connectivity index (χ0) is 24.0. The number of benzene rings is 3. The molecule has 34 heavy (non-hydrogen) atoms. The van der Waals surface area contributed by atoms with Crippen molar-refractivity contribution in [1.29, 1.82) is 0 Å². The van der Waals surface area contributed by atoms with E-state index in [2.05, 4.69) is 0 Å². The van der Waals surface area contributed by atoms with Crippen LogP contribution in [-0.4, -0.2) is 18.5 Å². The van der Waals surface area contributed by atoms with Gasteiger partial charge in [0, 0.05) is 10.7 Å². The molecule has 1 aliphatic heterocycles. The highest BCUT2D eigenvalue weighted by Gasteiger charge is 2.43. The summed E-state index contributed by atoms with van der Waals surface area (Å²) in [7, 11) is 0. The van der Waals surface area contributed by atoms with Crippen molar-refractivity contribution in [1.82, 2.24) is 0 Å². The highest BCUT2D eigenvalue weighted by atomic mass is 35.5. The number of anilines is 1. The molecule has 1 aromatic heterocycles. The van der Waals surface area contributed by atoms with E-state index in [4.69, 9.17) is 20.8 Å². The van der Waals surface area contributed by atoms with E-state index in [9.17, 15) is 14.4 Å². The molecular weight excluding hydrogens is 454 g/mol. The molecule has 4 aromatic rings. The summed E-state index contributed by atoms with van der Waals surface area (Å²) in [5, 5.41) is 0.898. The molecule has 0 saturated carbocycles. The third-order valence-electron chi connectivity index (χ3n) is 5.85. The van der Waals surface area contributed by atoms with Crippen LogP contribution in [0.5, 0.6) is 0 Å². The van der Waals surface area contributed by atoms with Crippen molar-refractivity contribution in [3.63, 3.8) is 0 Å².